The fourth-order valence-corrected chi connectivity index (χ4v) is 4.19. The summed E-state index contributed by atoms with van der Waals surface area (Å²) in [6, 6.07) is 8.62. The second-order valence-electron chi connectivity index (χ2n) is 5.21. The van der Waals surface area contributed by atoms with Crippen LogP contribution in [0.5, 0.6) is 0 Å². The first-order valence-electron chi connectivity index (χ1n) is 6.70. The number of sulfonamides is 1. The van der Waals surface area contributed by atoms with Crippen LogP contribution in [0.15, 0.2) is 35.2 Å². The van der Waals surface area contributed by atoms with Crippen molar-refractivity contribution in [3.8, 4) is 0 Å². The molecule has 0 aliphatic rings. The molecule has 1 N–H and O–H groups in total. The summed E-state index contributed by atoms with van der Waals surface area (Å²) >= 11 is 1.19. The van der Waals surface area contributed by atoms with Gasteiger partial charge in [0.1, 0.15) is 4.83 Å². The van der Waals surface area contributed by atoms with Gasteiger partial charge in [-0.1, -0.05) is 17.7 Å². The van der Waals surface area contributed by atoms with E-state index in [2.05, 4.69) is 14.1 Å². The number of aromatic nitrogens is 2. The number of aryl methyl sites for hydroxylation is 3. The molecule has 0 bridgehead atoms. The van der Waals surface area contributed by atoms with Crippen LogP contribution in [0.2, 0.25) is 0 Å². The molecule has 1 aromatic carbocycles. The topological polar surface area (TPSA) is 72.0 Å². The van der Waals surface area contributed by atoms with Crippen molar-refractivity contribution in [1.82, 2.24) is 9.36 Å². The predicted octanol–water partition coefficient (Wildman–Crippen LogP) is 3.42. The maximum absolute atomic E-state index is 12.5. The number of anilines is 1. The van der Waals surface area contributed by atoms with Gasteiger partial charge in [-0.15, -0.1) is 0 Å². The van der Waals surface area contributed by atoms with E-state index in [-0.39, 0.29) is 4.90 Å². The first kappa shape index (κ1) is 14.9. The molecule has 0 saturated carbocycles. The lowest BCUT2D eigenvalue weighted by atomic mass is 10.2. The second-order valence-corrected chi connectivity index (χ2v) is 7.64. The smallest absolute Gasteiger partial charge is 0.262 e. The third-order valence-electron chi connectivity index (χ3n) is 3.33. The third kappa shape index (κ3) is 2.69. The van der Waals surface area contributed by atoms with E-state index in [0.29, 0.717) is 5.82 Å². The maximum Gasteiger partial charge on any atom is 0.263 e. The lowest BCUT2D eigenvalue weighted by molar-refractivity contribution is 0.601. The molecule has 0 aliphatic heterocycles. The molecular weight excluding hydrogens is 318 g/mol. The number of rotatable bonds is 3. The van der Waals surface area contributed by atoms with Crippen molar-refractivity contribution in [1.29, 1.82) is 0 Å². The molecule has 0 aliphatic carbocycles. The summed E-state index contributed by atoms with van der Waals surface area (Å²) in [6.45, 7) is 5.74. The van der Waals surface area contributed by atoms with E-state index in [1.165, 1.54) is 11.5 Å². The summed E-state index contributed by atoms with van der Waals surface area (Å²) in [5, 5.41) is 0.756. The summed E-state index contributed by atoms with van der Waals surface area (Å²) < 4.78 is 31.7. The molecule has 7 heteroatoms. The molecule has 0 fully saturated rings. The van der Waals surface area contributed by atoms with Gasteiger partial charge in [0.05, 0.1) is 10.3 Å². The van der Waals surface area contributed by atoms with Crippen molar-refractivity contribution in [3.05, 3.63) is 47.2 Å². The van der Waals surface area contributed by atoms with E-state index in [9.17, 15) is 8.42 Å². The lowest BCUT2D eigenvalue weighted by Gasteiger charge is -2.07. The van der Waals surface area contributed by atoms with Crippen LogP contribution >= 0.6 is 11.5 Å². The predicted molar refractivity (Wildman–Crippen MR) is 88.9 cm³/mol. The Morgan fingerprint density at radius 2 is 1.77 bits per heavy atom. The zero-order chi connectivity index (χ0) is 15.9. The van der Waals surface area contributed by atoms with E-state index in [0.717, 1.165) is 27.0 Å². The van der Waals surface area contributed by atoms with Crippen LogP contribution in [0, 0.1) is 20.8 Å². The Hall–Kier alpha value is -1.99. The van der Waals surface area contributed by atoms with Crippen LogP contribution in [0.1, 0.15) is 16.8 Å². The molecule has 22 heavy (non-hydrogen) atoms. The zero-order valence-electron chi connectivity index (χ0n) is 12.4. The quantitative estimate of drug-likeness (QED) is 0.797. The van der Waals surface area contributed by atoms with Crippen LogP contribution in [-0.4, -0.2) is 17.8 Å². The molecule has 2 aromatic heterocycles. The minimum atomic E-state index is -3.65. The van der Waals surface area contributed by atoms with Gasteiger partial charge in [-0.05, 0) is 56.1 Å². The van der Waals surface area contributed by atoms with Gasteiger partial charge in [-0.3, -0.25) is 4.72 Å². The van der Waals surface area contributed by atoms with Crippen LogP contribution < -0.4 is 4.72 Å². The summed E-state index contributed by atoms with van der Waals surface area (Å²) in [5.74, 6) is 0.338. The third-order valence-corrected chi connectivity index (χ3v) is 5.43. The van der Waals surface area contributed by atoms with Crippen LogP contribution in [-0.2, 0) is 10.0 Å². The van der Waals surface area contributed by atoms with Crippen LogP contribution in [0.25, 0.3) is 10.2 Å². The molecule has 5 nitrogen and oxygen atoms in total. The number of nitrogens with zero attached hydrogens (tertiary/aromatic N) is 2. The highest BCUT2D eigenvalue weighted by Crippen LogP contribution is 2.30. The molecule has 2 heterocycles. The molecule has 0 spiro atoms. The maximum atomic E-state index is 12.5. The molecule has 3 rings (SSSR count). The highest BCUT2D eigenvalue weighted by molar-refractivity contribution is 7.92. The Balaban J connectivity index is 2.04. The Kier molecular flexibility index (Phi) is 3.62. The summed E-state index contributed by atoms with van der Waals surface area (Å²) in [5.41, 5.74) is 2.85. The average Bonchev–Trinajstić information content (AvgIpc) is 2.81. The van der Waals surface area contributed by atoms with Gasteiger partial charge in [0.15, 0.2) is 5.82 Å². The fourth-order valence-electron chi connectivity index (χ4n) is 2.26. The standard InChI is InChI=1S/C15H15N3O2S2/c1-9-4-6-12(7-5-9)22(19,20)18-14-13-10(2)8-11(3)16-15(13)21-17-14/h4-8H,1-3H3,(H,17,18). The largest absolute Gasteiger partial charge is 0.263 e. The number of benzene rings is 1. The summed E-state index contributed by atoms with van der Waals surface area (Å²) in [4.78, 5) is 5.35. The van der Waals surface area contributed by atoms with E-state index in [4.69, 9.17) is 0 Å². The second kappa shape index (κ2) is 5.33. The normalized spacial score (nSPS) is 11.8. The van der Waals surface area contributed by atoms with E-state index in [1.54, 1.807) is 24.3 Å². The number of fused-ring (bicyclic) bond motifs is 1. The van der Waals surface area contributed by atoms with Gasteiger partial charge in [0.25, 0.3) is 10.0 Å². The van der Waals surface area contributed by atoms with Crippen LogP contribution in [0.4, 0.5) is 5.82 Å². The van der Waals surface area contributed by atoms with E-state index < -0.39 is 10.0 Å². The van der Waals surface area contributed by atoms with Crippen molar-refractivity contribution in [3.63, 3.8) is 0 Å². The molecule has 0 atom stereocenters. The zero-order valence-corrected chi connectivity index (χ0v) is 14.0. The van der Waals surface area contributed by atoms with Crippen LogP contribution in [0.3, 0.4) is 0 Å². The number of hydrogen-bond donors (Lipinski definition) is 1. The molecule has 0 unspecified atom stereocenters. The monoisotopic (exact) mass is 333 g/mol. The fraction of sp³-hybridized carbons (Fsp3) is 0.200. The SMILES string of the molecule is Cc1ccc(S(=O)(=O)Nc2nsc3nc(C)cc(C)c23)cc1. The Morgan fingerprint density at radius 3 is 2.45 bits per heavy atom. The number of pyridine rings is 1. The van der Waals surface area contributed by atoms with Gasteiger partial charge in [-0.25, -0.2) is 13.4 Å². The van der Waals surface area contributed by atoms with Crippen molar-refractivity contribution in [2.75, 3.05) is 4.72 Å². The Bertz CT molecular complexity index is 945. The molecule has 3 aromatic rings. The highest BCUT2D eigenvalue weighted by atomic mass is 32.2. The number of nitrogens with one attached hydrogen (secondary N) is 1. The summed E-state index contributed by atoms with van der Waals surface area (Å²) in [7, 11) is -3.65. The minimum Gasteiger partial charge on any atom is -0.262 e. The average molecular weight is 333 g/mol. The van der Waals surface area contributed by atoms with E-state index >= 15 is 0 Å². The molecule has 0 amide bonds. The van der Waals surface area contributed by atoms with Gasteiger partial charge in [-0.2, -0.15) is 4.37 Å². The first-order valence-corrected chi connectivity index (χ1v) is 8.95. The minimum absolute atomic E-state index is 0.219. The van der Waals surface area contributed by atoms with Crippen molar-refractivity contribution in [2.45, 2.75) is 25.7 Å². The molecular formula is C15H15N3O2S2. The van der Waals surface area contributed by atoms with Gasteiger partial charge >= 0.3 is 0 Å². The number of hydrogen-bond acceptors (Lipinski definition) is 5. The molecule has 0 radical (unpaired) electrons. The summed E-state index contributed by atoms with van der Waals surface area (Å²) in [6.07, 6.45) is 0. The Morgan fingerprint density at radius 1 is 1.09 bits per heavy atom. The molecule has 0 saturated heterocycles. The van der Waals surface area contributed by atoms with Gasteiger partial charge in [0.2, 0.25) is 0 Å². The van der Waals surface area contributed by atoms with Crippen molar-refractivity contribution < 1.29 is 8.42 Å². The molecule has 114 valence electrons. The lowest BCUT2D eigenvalue weighted by Crippen LogP contribution is -2.13. The van der Waals surface area contributed by atoms with Crippen molar-refractivity contribution in [2.24, 2.45) is 0 Å². The Labute approximate surface area is 133 Å². The van der Waals surface area contributed by atoms with Crippen molar-refractivity contribution >= 4 is 37.6 Å². The highest BCUT2D eigenvalue weighted by Gasteiger charge is 2.19. The first-order chi connectivity index (χ1) is 10.4. The van der Waals surface area contributed by atoms with Gasteiger partial charge < -0.3 is 0 Å². The van der Waals surface area contributed by atoms with E-state index in [1.807, 2.05) is 26.8 Å². The van der Waals surface area contributed by atoms with Gasteiger partial charge in [0, 0.05) is 5.69 Å².